The van der Waals surface area contributed by atoms with Gasteiger partial charge in [-0.15, -0.1) is 0 Å². The third kappa shape index (κ3) is 2.94. The van der Waals surface area contributed by atoms with Crippen molar-refractivity contribution >= 4 is 0 Å². The van der Waals surface area contributed by atoms with Crippen molar-refractivity contribution in [1.82, 2.24) is 10.2 Å². The molecular weight excluding hydrogens is 204 g/mol. The second-order valence-electron chi connectivity index (χ2n) is 5.03. The summed E-state index contributed by atoms with van der Waals surface area (Å²) in [5.41, 5.74) is 0. The van der Waals surface area contributed by atoms with Crippen molar-refractivity contribution < 1.29 is 9.47 Å². The molecular formula is C12H24N2O2. The van der Waals surface area contributed by atoms with E-state index in [1.807, 2.05) is 0 Å². The molecule has 0 amide bonds. The highest BCUT2D eigenvalue weighted by Crippen LogP contribution is 2.20. The first kappa shape index (κ1) is 12.3. The summed E-state index contributed by atoms with van der Waals surface area (Å²) in [4.78, 5) is 2.46. The molecule has 2 aliphatic rings. The lowest BCUT2D eigenvalue weighted by atomic mass is 10.3. The Balaban J connectivity index is 1.75. The van der Waals surface area contributed by atoms with Gasteiger partial charge < -0.3 is 14.8 Å². The number of methoxy groups -OCH3 is 2. The normalized spacial score (nSPS) is 33.2. The van der Waals surface area contributed by atoms with Crippen LogP contribution in [0.5, 0.6) is 0 Å². The quantitative estimate of drug-likeness (QED) is 0.716. The van der Waals surface area contributed by atoms with Gasteiger partial charge in [0.1, 0.15) is 0 Å². The second kappa shape index (κ2) is 5.45. The SMILES string of the molecule is COC1CN(C(C)CNC2CC2)CC1OC. The standard InChI is InChI=1S/C12H24N2O2/c1-9(6-13-10-4-5-10)14-7-11(15-2)12(8-14)16-3/h9-13H,4-8H2,1-3H3. The van der Waals surface area contributed by atoms with Gasteiger partial charge in [0.2, 0.25) is 0 Å². The van der Waals surface area contributed by atoms with Crippen LogP contribution < -0.4 is 5.32 Å². The summed E-state index contributed by atoms with van der Waals surface area (Å²) in [6, 6.07) is 1.36. The number of rotatable bonds is 6. The fraction of sp³-hybridized carbons (Fsp3) is 1.00. The van der Waals surface area contributed by atoms with Crippen LogP contribution in [0.3, 0.4) is 0 Å². The summed E-state index contributed by atoms with van der Waals surface area (Å²) >= 11 is 0. The summed E-state index contributed by atoms with van der Waals surface area (Å²) in [5.74, 6) is 0. The molecule has 1 saturated heterocycles. The zero-order valence-electron chi connectivity index (χ0n) is 10.6. The van der Waals surface area contributed by atoms with E-state index in [2.05, 4.69) is 17.1 Å². The Morgan fingerprint density at radius 1 is 1.19 bits per heavy atom. The molecule has 1 aliphatic carbocycles. The largest absolute Gasteiger partial charge is 0.377 e. The lowest BCUT2D eigenvalue weighted by Gasteiger charge is -2.24. The van der Waals surface area contributed by atoms with Crippen molar-refractivity contribution in [1.29, 1.82) is 0 Å². The number of likely N-dealkylation sites (tertiary alicyclic amines) is 1. The predicted octanol–water partition coefficient (Wildman–Crippen LogP) is 0.473. The summed E-state index contributed by atoms with van der Waals surface area (Å²) in [6.07, 6.45) is 3.17. The van der Waals surface area contributed by atoms with Gasteiger partial charge in [0, 0.05) is 45.9 Å². The van der Waals surface area contributed by atoms with Crippen LogP contribution in [0.4, 0.5) is 0 Å². The molecule has 1 N–H and O–H groups in total. The van der Waals surface area contributed by atoms with E-state index < -0.39 is 0 Å². The van der Waals surface area contributed by atoms with Gasteiger partial charge in [-0.2, -0.15) is 0 Å². The topological polar surface area (TPSA) is 33.7 Å². The molecule has 0 aromatic rings. The first-order valence-electron chi connectivity index (χ1n) is 6.27. The molecule has 0 bridgehead atoms. The summed E-state index contributed by atoms with van der Waals surface area (Å²) in [7, 11) is 3.54. The van der Waals surface area contributed by atoms with Gasteiger partial charge in [-0.3, -0.25) is 4.90 Å². The van der Waals surface area contributed by atoms with Crippen molar-refractivity contribution in [3.63, 3.8) is 0 Å². The zero-order chi connectivity index (χ0) is 11.5. The van der Waals surface area contributed by atoms with Gasteiger partial charge in [0.05, 0.1) is 12.2 Å². The molecule has 2 rings (SSSR count). The summed E-state index contributed by atoms with van der Waals surface area (Å²) < 4.78 is 10.9. The number of ether oxygens (including phenoxy) is 2. The molecule has 94 valence electrons. The molecule has 1 heterocycles. The minimum Gasteiger partial charge on any atom is -0.377 e. The van der Waals surface area contributed by atoms with E-state index in [4.69, 9.17) is 9.47 Å². The van der Waals surface area contributed by atoms with E-state index in [1.165, 1.54) is 12.8 Å². The molecule has 0 spiro atoms. The number of hydrogen-bond donors (Lipinski definition) is 1. The van der Waals surface area contributed by atoms with Crippen LogP contribution in [0, 0.1) is 0 Å². The Kier molecular flexibility index (Phi) is 4.19. The van der Waals surface area contributed by atoms with Gasteiger partial charge in [-0.25, -0.2) is 0 Å². The first-order chi connectivity index (χ1) is 7.74. The fourth-order valence-electron chi connectivity index (χ4n) is 2.34. The van der Waals surface area contributed by atoms with Gasteiger partial charge in [-0.1, -0.05) is 0 Å². The lowest BCUT2D eigenvalue weighted by molar-refractivity contribution is -0.00461. The number of nitrogens with zero attached hydrogens (tertiary/aromatic N) is 1. The Bertz CT molecular complexity index is 209. The molecule has 2 fully saturated rings. The fourth-order valence-corrected chi connectivity index (χ4v) is 2.34. The molecule has 0 aromatic carbocycles. The van der Waals surface area contributed by atoms with E-state index in [-0.39, 0.29) is 12.2 Å². The number of hydrogen-bond acceptors (Lipinski definition) is 4. The van der Waals surface area contributed by atoms with Crippen LogP contribution in [0.15, 0.2) is 0 Å². The van der Waals surface area contributed by atoms with Gasteiger partial charge >= 0.3 is 0 Å². The van der Waals surface area contributed by atoms with Crippen LogP contribution in [0.25, 0.3) is 0 Å². The molecule has 4 nitrogen and oxygen atoms in total. The molecule has 0 aromatic heterocycles. The molecule has 1 saturated carbocycles. The average Bonchev–Trinajstić information content (AvgIpc) is 3.03. The molecule has 0 radical (unpaired) electrons. The third-order valence-corrected chi connectivity index (χ3v) is 3.75. The summed E-state index contributed by atoms with van der Waals surface area (Å²) in [5, 5.41) is 3.58. The van der Waals surface area contributed by atoms with E-state index in [9.17, 15) is 0 Å². The highest BCUT2D eigenvalue weighted by molar-refractivity contribution is 4.90. The van der Waals surface area contributed by atoms with Crippen LogP contribution in [-0.2, 0) is 9.47 Å². The maximum Gasteiger partial charge on any atom is 0.0971 e. The van der Waals surface area contributed by atoms with Crippen molar-refractivity contribution in [2.24, 2.45) is 0 Å². The first-order valence-corrected chi connectivity index (χ1v) is 6.27. The molecule has 16 heavy (non-hydrogen) atoms. The second-order valence-corrected chi connectivity index (χ2v) is 5.03. The summed E-state index contributed by atoms with van der Waals surface area (Å²) in [6.45, 7) is 5.34. The smallest absolute Gasteiger partial charge is 0.0971 e. The average molecular weight is 228 g/mol. The lowest BCUT2D eigenvalue weighted by Crippen LogP contribution is -2.40. The maximum atomic E-state index is 5.45. The minimum atomic E-state index is 0.230. The highest BCUT2D eigenvalue weighted by Gasteiger charge is 2.35. The van der Waals surface area contributed by atoms with Crippen LogP contribution >= 0.6 is 0 Å². The van der Waals surface area contributed by atoms with Gasteiger partial charge in [-0.05, 0) is 19.8 Å². The monoisotopic (exact) mass is 228 g/mol. The van der Waals surface area contributed by atoms with E-state index >= 15 is 0 Å². The van der Waals surface area contributed by atoms with Crippen molar-refractivity contribution in [3.05, 3.63) is 0 Å². The minimum absolute atomic E-state index is 0.230. The van der Waals surface area contributed by atoms with Gasteiger partial charge in [0.25, 0.3) is 0 Å². The Morgan fingerprint density at radius 2 is 1.75 bits per heavy atom. The van der Waals surface area contributed by atoms with Crippen molar-refractivity contribution in [2.45, 2.75) is 44.1 Å². The third-order valence-electron chi connectivity index (χ3n) is 3.75. The zero-order valence-corrected chi connectivity index (χ0v) is 10.6. The highest BCUT2D eigenvalue weighted by atomic mass is 16.5. The maximum absolute atomic E-state index is 5.45. The predicted molar refractivity (Wildman–Crippen MR) is 63.7 cm³/mol. The number of nitrogens with one attached hydrogen (secondary N) is 1. The van der Waals surface area contributed by atoms with Crippen LogP contribution in [-0.4, -0.2) is 63.0 Å². The molecule has 3 atom stereocenters. The van der Waals surface area contributed by atoms with Crippen LogP contribution in [0.1, 0.15) is 19.8 Å². The Hall–Kier alpha value is -0.160. The van der Waals surface area contributed by atoms with Crippen LogP contribution in [0.2, 0.25) is 0 Å². The Labute approximate surface area is 98.3 Å². The van der Waals surface area contributed by atoms with Gasteiger partial charge in [0.15, 0.2) is 0 Å². The van der Waals surface area contributed by atoms with E-state index in [1.54, 1.807) is 14.2 Å². The Morgan fingerprint density at radius 3 is 2.19 bits per heavy atom. The van der Waals surface area contributed by atoms with E-state index in [0.29, 0.717) is 6.04 Å². The molecule has 3 unspecified atom stereocenters. The van der Waals surface area contributed by atoms with Crippen molar-refractivity contribution in [3.8, 4) is 0 Å². The van der Waals surface area contributed by atoms with E-state index in [0.717, 1.165) is 25.7 Å². The molecule has 4 heteroatoms. The molecule has 1 aliphatic heterocycles. The van der Waals surface area contributed by atoms with Crippen molar-refractivity contribution in [2.75, 3.05) is 33.9 Å².